The zero-order valence-electron chi connectivity index (χ0n) is 15.9. The minimum absolute atomic E-state index is 0.0361. The fraction of sp³-hybridized carbons (Fsp3) is 0.294. The predicted octanol–water partition coefficient (Wildman–Crippen LogP) is 3.39. The molecule has 0 saturated heterocycles. The number of anilines is 1. The lowest BCUT2D eigenvalue weighted by molar-refractivity contribution is -0.385. The Labute approximate surface area is 174 Å². The summed E-state index contributed by atoms with van der Waals surface area (Å²) < 4.78 is 54.5. The van der Waals surface area contributed by atoms with Gasteiger partial charge in [0.05, 0.1) is 20.5 Å². The number of halogens is 1. The van der Waals surface area contributed by atoms with Gasteiger partial charge in [0, 0.05) is 25.2 Å². The average Bonchev–Trinajstić information content (AvgIpc) is 2.63. The van der Waals surface area contributed by atoms with Crippen molar-refractivity contribution in [3.63, 3.8) is 0 Å². The molecule has 2 aromatic rings. The quantitative estimate of drug-likeness (QED) is 0.474. The van der Waals surface area contributed by atoms with Gasteiger partial charge in [-0.15, -0.1) is 0 Å². The zero-order chi connectivity index (χ0) is 22.0. The van der Waals surface area contributed by atoms with Crippen molar-refractivity contribution in [1.82, 2.24) is 4.31 Å². The lowest BCUT2D eigenvalue weighted by Gasteiger charge is -2.20. The number of benzene rings is 2. The van der Waals surface area contributed by atoms with Gasteiger partial charge in [0.25, 0.3) is 15.7 Å². The molecule has 9 nitrogen and oxygen atoms in total. The normalized spacial score (nSPS) is 12.2. The molecule has 0 aliphatic heterocycles. The van der Waals surface area contributed by atoms with Gasteiger partial charge in [0.2, 0.25) is 10.0 Å². The van der Waals surface area contributed by atoms with E-state index in [1.807, 2.05) is 0 Å². The maximum atomic E-state index is 12.8. The molecular weight excluding hydrogens is 442 g/mol. The highest BCUT2D eigenvalue weighted by Crippen LogP contribution is 2.30. The van der Waals surface area contributed by atoms with Gasteiger partial charge in [-0.2, -0.15) is 4.31 Å². The van der Waals surface area contributed by atoms with Gasteiger partial charge in [0.1, 0.15) is 4.90 Å². The summed E-state index contributed by atoms with van der Waals surface area (Å²) in [7, 11) is -8.14. The van der Waals surface area contributed by atoms with E-state index in [9.17, 15) is 26.9 Å². The van der Waals surface area contributed by atoms with E-state index in [1.165, 1.54) is 35.5 Å². The summed E-state index contributed by atoms with van der Waals surface area (Å²) in [6, 6.07) is 7.18. The lowest BCUT2D eigenvalue weighted by Crippen LogP contribution is -2.30. The number of aryl methyl sites for hydroxylation is 1. The third kappa shape index (κ3) is 4.86. The number of non-ortho nitro benzene ring substituents is 1. The number of rotatable bonds is 8. The van der Waals surface area contributed by atoms with Crippen molar-refractivity contribution >= 4 is 43.0 Å². The third-order valence-electron chi connectivity index (χ3n) is 4.18. The Morgan fingerprint density at radius 2 is 1.66 bits per heavy atom. The molecule has 0 bridgehead atoms. The Balaban J connectivity index is 2.51. The number of sulfonamides is 2. The average molecular weight is 462 g/mol. The SMILES string of the molecule is CCN(CC)S(=O)(=O)c1cc(NS(=O)(=O)c2cc([N+](=O)[O-])ccc2C)ccc1Cl. The van der Waals surface area contributed by atoms with Gasteiger partial charge in [-0.1, -0.05) is 31.5 Å². The van der Waals surface area contributed by atoms with Crippen LogP contribution >= 0.6 is 11.6 Å². The van der Waals surface area contributed by atoms with Crippen LogP contribution in [0.4, 0.5) is 11.4 Å². The molecular formula is C17H20ClN3O6S2. The Hall–Kier alpha value is -2.21. The minimum atomic E-state index is -4.21. The molecule has 0 spiro atoms. The van der Waals surface area contributed by atoms with E-state index < -0.39 is 25.0 Å². The standard InChI is InChI=1S/C17H20ClN3O6S2/c1-4-20(5-2)29(26,27)17-10-13(7-9-15(17)18)19-28(24,25)16-11-14(21(22)23)8-6-12(16)3/h6-11,19H,4-5H2,1-3H3. The summed E-state index contributed by atoms with van der Waals surface area (Å²) in [6.45, 7) is 5.28. The number of nitro groups is 1. The molecule has 0 radical (unpaired) electrons. The Kier molecular flexibility index (Phi) is 6.89. The largest absolute Gasteiger partial charge is 0.280 e. The van der Waals surface area contributed by atoms with E-state index in [1.54, 1.807) is 13.8 Å². The smallest absolute Gasteiger partial charge is 0.270 e. The van der Waals surface area contributed by atoms with Crippen molar-refractivity contribution in [2.75, 3.05) is 17.8 Å². The minimum Gasteiger partial charge on any atom is -0.280 e. The van der Waals surface area contributed by atoms with Crippen LogP contribution < -0.4 is 4.72 Å². The summed E-state index contributed by atoms with van der Waals surface area (Å²) >= 11 is 6.05. The fourth-order valence-corrected chi connectivity index (χ4v) is 5.94. The monoisotopic (exact) mass is 461 g/mol. The van der Waals surface area contributed by atoms with E-state index in [-0.39, 0.29) is 39.3 Å². The van der Waals surface area contributed by atoms with Crippen LogP contribution in [0.15, 0.2) is 46.2 Å². The molecule has 0 unspecified atom stereocenters. The van der Waals surface area contributed by atoms with Crippen LogP contribution in [0.2, 0.25) is 5.02 Å². The maximum absolute atomic E-state index is 12.8. The van der Waals surface area contributed by atoms with Crippen LogP contribution in [0.3, 0.4) is 0 Å². The Bertz CT molecular complexity index is 1150. The van der Waals surface area contributed by atoms with Crippen LogP contribution in [0, 0.1) is 17.0 Å². The van der Waals surface area contributed by atoms with Crippen LogP contribution in [0.25, 0.3) is 0 Å². The van der Waals surface area contributed by atoms with Gasteiger partial charge in [-0.3, -0.25) is 14.8 Å². The summed E-state index contributed by atoms with van der Waals surface area (Å²) in [5.74, 6) is 0. The van der Waals surface area contributed by atoms with Gasteiger partial charge in [-0.25, -0.2) is 16.8 Å². The van der Waals surface area contributed by atoms with Gasteiger partial charge in [-0.05, 0) is 30.7 Å². The first-order valence-electron chi connectivity index (χ1n) is 8.51. The van der Waals surface area contributed by atoms with Crippen molar-refractivity contribution in [3.8, 4) is 0 Å². The molecule has 2 rings (SSSR count). The number of hydrogen-bond donors (Lipinski definition) is 1. The van der Waals surface area contributed by atoms with E-state index >= 15 is 0 Å². The second kappa shape index (κ2) is 8.66. The highest BCUT2D eigenvalue weighted by atomic mass is 35.5. The molecule has 12 heteroatoms. The molecule has 2 aromatic carbocycles. The summed E-state index contributed by atoms with van der Waals surface area (Å²) in [5, 5.41) is 10.9. The highest BCUT2D eigenvalue weighted by molar-refractivity contribution is 7.92. The summed E-state index contributed by atoms with van der Waals surface area (Å²) in [4.78, 5) is 9.75. The van der Waals surface area contributed by atoms with E-state index in [0.29, 0.717) is 5.56 Å². The van der Waals surface area contributed by atoms with Gasteiger partial charge >= 0.3 is 0 Å². The van der Waals surface area contributed by atoms with Crippen LogP contribution in [0.5, 0.6) is 0 Å². The van der Waals surface area contributed by atoms with Crippen molar-refractivity contribution in [3.05, 3.63) is 57.1 Å². The van der Waals surface area contributed by atoms with Crippen molar-refractivity contribution in [2.45, 2.75) is 30.6 Å². The van der Waals surface area contributed by atoms with E-state index in [2.05, 4.69) is 4.72 Å². The second-order valence-electron chi connectivity index (χ2n) is 6.05. The number of nitro benzene ring substituents is 1. The first kappa shape index (κ1) is 23.1. The number of nitrogens with one attached hydrogen (secondary N) is 1. The van der Waals surface area contributed by atoms with Crippen LogP contribution in [0.1, 0.15) is 19.4 Å². The molecule has 1 N–H and O–H groups in total. The first-order chi connectivity index (χ1) is 13.4. The molecule has 0 aliphatic rings. The Morgan fingerprint density at radius 3 is 2.21 bits per heavy atom. The lowest BCUT2D eigenvalue weighted by atomic mass is 10.2. The van der Waals surface area contributed by atoms with Crippen molar-refractivity contribution in [2.24, 2.45) is 0 Å². The molecule has 0 aromatic heterocycles. The van der Waals surface area contributed by atoms with E-state index in [0.717, 1.165) is 12.1 Å². The fourth-order valence-electron chi connectivity index (χ4n) is 2.67. The highest BCUT2D eigenvalue weighted by Gasteiger charge is 2.26. The number of nitrogens with zero attached hydrogens (tertiary/aromatic N) is 2. The van der Waals surface area contributed by atoms with E-state index in [4.69, 9.17) is 11.6 Å². The third-order valence-corrected chi connectivity index (χ3v) is 8.23. The maximum Gasteiger partial charge on any atom is 0.270 e. The molecule has 0 heterocycles. The molecule has 0 fully saturated rings. The first-order valence-corrected chi connectivity index (χ1v) is 11.8. The van der Waals surface area contributed by atoms with Crippen molar-refractivity contribution in [1.29, 1.82) is 0 Å². The van der Waals surface area contributed by atoms with Gasteiger partial charge in [0.15, 0.2) is 0 Å². The second-order valence-corrected chi connectivity index (χ2v) is 10.0. The van der Waals surface area contributed by atoms with Crippen LogP contribution in [-0.4, -0.2) is 39.2 Å². The summed E-state index contributed by atoms with van der Waals surface area (Å²) in [5.41, 5.74) is -0.115. The number of hydrogen-bond acceptors (Lipinski definition) is 6. The molecule has 0 amide bonds. The van der Waals surface area contributed by atoms with Gasteiger partial charge < -0.3 is 0 Å². The molecule has 29 heavy (non-hydrogen) atoms. The van der Waals surface area contributed by atoms with Crippen LogP contribution in [-0.2, 0) is 20.0 Å². The Morgan fingerprint density at radius 1 is 1.03 bits per heavy atom. The topological polar surface area (TPSA) is 127 Å². The molecule has 0 saturated carbocycles. The van der Waals surface area contributed by atoms with Crippen molar-refractivity contribution < 1.29 is 21.8 Å². The molecule has 0 atom stereocenters. The molecule has 158 valence electrons. The molecule has 0 aliphatic carbocycles. The predicted molar refractivity (Wildman–Crippen MR) is 110 cm³/mol. The zero-order valence-corrected chi connectivity index (χ0v) is 18.3. The summed E-state index contributed by atoms with van der Waals surface area (Å²) in [6.07, 6.45) is 0.